The molecule has 1 aromatic rings. The van der Waals surface area contributed by atoms with Crippen LogP contribution in [0.15, 0.2) is 24.3 Å². The highest BCUT2D eigenvalue weighted by molar-refractivity contribution is 6.30. The molecule has 3 rings (SSSR count). The first kappa shape index (κ1) is 16.2. The van der Waals surface area contributed by atoms with Crippen LogP contribution in [0, 0.1) is 5.92 Å². The Balaban J connectivity index is 1.65. The Kier molecular flexibility index (Phi) is 5.37. The zero-order valence-corrected chi connectivity index (χ0v) is 14.0. The molecule has 2 saturated heterocycles. The number of hydrogen-bond donors (Lipinski definition) is 3. The highest BCUT2D eigenvalue weighted by Crippen LogP contribution is 2.35. The van der Waals surface area contributed by atoms with Crippen LogP contribution in [0.25, 0.3) is 0 Å². The Labute approximate surface area is 137 Å². The molecule has 2 aliphatic heterocycles. The predicted molar refractivity (Wildman–Crippen MR) is 90.1 cm³/mol. The maximum absolute atomic E-state index is 6.05. The lowest BCUT2D eigenvalue weighted by molar-refractivity contribution is 0.0496. The van der Waals surface area contributed by atoms with E-state index in [1.54, 1.807) is 0 Å². The van der Waals surface area contributed by atoms with Crippen molar-refractivity contribution in [3.63, 3.8) is 0 Å². The third-order valence-electron chi connectivity index (χ3n) is 5.18. The normalized spacial score (nSPS) is 27.9. The lowest BCUT2D eigenvalue weighted by Gasteiger charge is -2.38. The number of rotatable bonds is 5. The number of hydrazine groups is 1. The van der Waals surface area contributed by atoms with Crippen LogP contribution in [-0.4, -0.2) is 38.9 Å². The fourth-order valence-corrected chi connectivity index (χ4v) is 3.65. The van der Waals surface area contributed by atoms with Crippen LogP contribution in [0.1, 0.15) is 25.3 Å². The fraction of sp³-hybridized carbons (Fsp3) is 0.647. The minimum absolute atomic E-state index is 0.172. The highest BCUT2D eigenvalue weighted by atomic mass is 35.5. The molecule has 1 aromatic carbocycles. The van der Waals surface area contributed by atoms with Crippen LogP contribution >= 0.6 is 11.6 Å². The van der Waals surface area contributed by atoms with Gasteiger partial charge in [-0.1, -0.05) is 23.7 Å². The average Bonchev–Trinajstić information content (AvgIpc) is 2.94. The first-order valence-corrected chi connectivity index (χ1v) is 8.60. The fourth-order valence-electron chi connectivity index (χ4n) is 3.52. The Morgan fingerprint density at radius 2 is 2.00 bits per heavy atom. The maximum atomic E-state index is 6.05. The quantitative estimate of drug-likeness (QED) is 0.776. The molecule has 122 valence electrons. The molecule has 0 radical (unpaired) electrons. The minimum atomic E-state index is 0.172. The van der Waals surface area contributed by atoms with Crippen LogP contribution in [-0.2, 0) is 10.2 Å². The molecule has 0 amide bonds. The summed E-state index contributed by atoms with van der Waals surface area (Å²) >= 11 is 6.05. The molecule has 2 aliphatic rings. The average molecular weight is 324 g/mol. The van der Waals surface area contributed by atoms with Gasteiger partial charge in [0.05, 0.1) is 0 Å². The van der Waals surface area contributed by atoms with Crippen molar-refractivity contribution in [2.24, 2.45) is 5.92 Å². The molecule has 4 nitrogen and oxygen atoms in total. The standard InChI is InChI=1S/C17H26ClN3O/c1-13-14(11-20-21-13)10-19-12-17(6-8-22-9-7-17)15-2-4-16(18)5-3-15/h2-5,13-14,19-21H,6-12H2,1H3. The summed E-state index contributed by atoms with van der Waals surface area (Å²) in [5.41, 5.74) is 8.06. The summed E-state index contributed by atoms with van der Waals surface area (Å²) in [6, 6.07) is 8.88. The van der Waals surface area contributed by atoms with E-state index in [1.807, 2.05) is 12.1 Å². The molecule has 2 atom stereocenters. The van der Waals surface area contributed by atoms with Crippen molar-refractivity contribution in [3.8, 4) is 0 Å². The summed E-state index contributed by atoms with van der Waals surface area (Å²) in [5, 5.41) is 4.51. The molecule has 3 N–H and O–H groups in total. The SMILES string of the molecule is CC1NNCC1CNCC1(c2ccc(Cl)cc2)CCOCC1. The second-order valence-corrected chi connectivity index (χ2v) is 7.04. The molecule has 5 heteroatoms. The second-order valence-electron chi connectivity index (χ2n) is 6.60. The van der Waals surface area contributed by atoms with E-state index in [2.05, 4.69) is 35.2 Å². The number of halogens is 1. The number of benzene rings is 1. The Morgan fingerprint density at radius 3 is 2.64 bits per heavy atom. The van der Waals surface area contributed by atoms with Crippen molar-refractivity contribution in [2.45, 2.75) is 31.2 Å². The van der Waals surface area contributed by atoms with Crippen molar-refractivity contribution in [3.05, 3.63) is 34.9 Å². The molecule has 2 unspecified atom stereocenters. The summed E-state index contributed by atoms with van der Waals surface area (Å²) in [5.74, 6) is 0.641. The van der Waals surface area contributed by atoms with Crippen LogP contribution < -0.4 is 16.2 Å². The zero-order chi connectivity index (χ0) is 15.4. The van der Waals surface area contributed by atoms with Gasteiger partial charge in [-0.15, -0.1) is 0 Å². The maximum Gasteiger partial charge on any atom is 0.0475 e. The molecular weight excluding hydrogens is 298 g/mol. The van der Waals surface area contributed by atoms with Gasteiger partial charge in [0.1, 0.15) is 0 Å². The van der Waals surface area contributed by atoms with Gasteiger partial charge in [-0.3, -0.25) is 10.9 Å². The summed E-state index contributed by atoms with van der Waals surface area (Å²) in [6.45, 7) is 6.99. The van der Waals surface area contributed by atoms with Crippen molar-refractivity contribution in [2.75, 3.05) is 32.8 Å². The topological polar surface area (TPSA) is 45.3 Å². The second kappa shape index (κ2) is 7.28. The van der Waals surface area contributed by atoms with Crippen molar-refractivity contribution < 1.29 is 4.74 Å². The molecule has 22 heavy (non-hydrogen) atoms. The zero-order valence-electron chi connectivity index (χ0n) is 13.2. The Morgan fingerprint density at radius 1 is 1.27 bits per heavy atom. The van der Waals surface area contributed by atoms with Gasteiger partial charge in [0.25, 0.3) is 0 Å². The molecule has 2 fully saturated rings. The van der Waals surface area contributed by atoms with Gasteiger partial charge in [-0.2, -0.15) is 0 Å². The largest absolute Gasteiger partial charge is 0.381 e. The van der Waals surface area contributed by atoms with Crippen molar-refractivity contribution in [1.29, 1.82) is 0 Å². The molecule has 0 saturated carbocycles. The minimum Gasteiger partial charge on any atom is -0.381 e. The van der Waals surface area contributed by atoms with Crippen LogP contribution in [0.5, 0.6) is 0 Å². The number of hydrogen-bond acceptors (Lipinski definition) is 4. The van der Waals surface area contributed by atoms with Gasteiger partial charge in [-0.05, 0) is 37.5 Å². The molecule has 0 bridgehead atoms. The number of ether oxygens (including phenoxy) is 1. The van der Waals surface area contributed by atoms with Gasteiger partial charge in [0.15, 0.2) is 0 Å². The summed E-state index contributed by atoms with van der Waals surface area (Å²) in [4.78, 5) is 0. The van der Waals surface area contributed by atoms with Gasteiger partial charge < -0.3 is 10.1 Å². The van der Waals surface area contributed by atoms with Crippen molar-refractivity contribution in [1.82, 2.24) is 16.2 Å². The van der Waals surface area contributed by atoms with Gasteiger partial charge in [-0.25, -0.2) is 0 Å². The van der Waals surface area contributed by atoms with Crippen molar-refractivity contribution >= 4 is 11.6 Å². The van der Waals surface area contributed by atoms with E-state index < -0.39 is 0 Å². The highest BCUT2D eigenvalue weighted by Gasteiger charge is 2.34. The summed E-state index contributed by atoms with van der Waals surface area (Å²) in [7, 11) is 0. The van der Waals surface area contributed by atoms with Gasteiger partial charge in [0.2, 0.25) is 0 Å². The van der Waals surface area contributed by atoms with E-state index >= 15 is 0 Å². The van der Waals surface area contributed by atoms with Gasteiger partial charge in [0, 0.05) is 55.2 Å². The van der Waals surface area contributed by atoms with Crippen LogP contribution in [0.4, 0.5) is 0 Å². The molecule has 2 heterocycles. The molecular formula is C17H26ClN3O. The summed E-state index contributed by atoms with van der Waals surface area (Å²) in [6.07, 6.45) is 2.14. The third kappa shape index (κ3) is 3.63. The van der Waals surface area contributed by atoms with Crippen LogP contribution in [0.3, 0.4) is 0 Å². The smallest absolute Gasteiger partial charge is 0.0475 e. The first-order chi connectivity index (χ1) is 10.7. The molecule has 0 spiro atoms. The molecule has 0 aliphatic carbocycles. The number of nitrogens with one attached hydrogen (secondary N) is 3. The van der Waals surface area contributed by atoms with E-state index in [0.717, 1.165) is 50.7 Å². The Hall–Kier alpha value is -0.650. The van der Waals surface area contributed by atoms with E-state index in [-0.39, 0.29) is 5.41 Å². The molecule has 0 aromatic heterocycles. The van der Waals surface area contributed by atoms with E-state index in [1.165, 1.54) is 5.56 Å². The Bertz CT molecular complexity index is 473. The summed E-state index contributed by atoms with van der Waals surface area (Å²) < 4.78 is 5.59. The third-order valence-corrected chi connectivity index (χ3v) is 5.43. The lowest BCUT2D eigenvalue weighted by Crippen LogP contribution is -2.45. The lowest BCUT2D eigenvalue weighted by atomic mass is 9.74. The van der Waals surface area contributed by atoms with Gasteiger partial charge >= 0.3 is 0 Å². The van der Waals surface area contributed by atoms with E-state index in [4.69, 9.17) is 16.3 Å². The van der Waals surface area contributed by atoms with E-state index in [9.17, 15) is 0 Å². The first-order valence-electron chi connectivity index (χ1n) is 8.22. The monoisotopic (exact) mass is 323 g/mol. The van der Waals surface area contributed by atoms with E-state index in [0.29, 0.717) is 12.0 Å². The predicted octanol–water partition coefficient (Wildman–Crippen LogP) is 2.09. The van der Waals surface area contributed by atoms with Crippen LogP contribution in [0.2, 0.25) is 5.02 Å².